The van der Waals surface area contributed by atoms with E-state index in [-0.39, 0.29) is 5.82 Å². The monoisotopic (exact) mass is 373 g/mol. The zero-order valence-electron chi connectivity index (χ0n) is 15.5. The van der Waals surface area contributed by atoms with Crippen LogP contribution in [0.5, 0.6) is 5.75 Å². The Morgan fingerprint density at radius 3 is 2.39 bits per heavy atom. The quantitative estimate of drug-likeness (QED) is 0.527. The molecule has 4 aromatic rings. The van der Waals surface area contributed by atoms with Crippen LogP contribution in [0.4, 0.5) is 4.39 Å². The summed E-state index contributed by atoms with van der Waals surface area (Å²) >= 11 is 0. The van der Waals surface area contributed by atoms with Gasteiger partial charge in [0, 0.05) is 18.0 Å². The number of hydrogen-bond acceptors (Lipinski definition) is 2. The maximum Gasteiger partial charge on any atom is 0.129 e. The first-order valence-electron chi connectivity index (χ1n) is 9.38. The van der Waals surface area contributed by atoms with Gasteiger partial charge in [-0.15, -0.1) is 0 Å². The molecule has 140 valence electrons. The lowest BCUT2D eigenvalue weighted by molar-refractivity contribution is -0.686. The van der Waals surface area contributed by atoms with Crippen LogP contribution in [0.3, 0.4) is 0 Å². The van der Waals surface area contributed by atoms with Gasteiger partial charge in [0.25, 0.3) is 0 Å². The van der Waals surface area contributed by atoms with Crippen LogP contribution in [0.15, 0.2) is 85.2 Å². The summed E-state index contributed by atoms with van der Waals surface area (Å²) in [6.07, 6.45) is 3.64. The van der Waals surface area contributed by atoms with Gasteiger partial charge in [0.2, 0.25) is 0 Å². The summed E-state index contributed by atoms with van der Waals surface area (Å²) in [6, 6.07) is 23.0. The Labute approximate surface area is 163 Å². The molecule has 0 fully saturated rings. The molecule has 0 aliphatic rings. The first-order valence-corrected chi connectivity index (χ1v) is 9.38. The van der Waals surface area contributed by atoms with Crippen molar-refractivity contribution in [1.29, 1.82) is 0 Å². The summed E-state index contributed by atoms with van der Waals surface area (Å²) in [7, 11) is 0. The van der Waals surface area contributed by atoms with Crippen LogP contribution in [0.1, 0.15) is 16.7 Å². The number of nitrogens with zero attached hydrogens (tertiary/aromatic N) is 1. The third-order valence-corrected chi connectivity index (χ3v) is 4.78. The molecule has 0 aliphatic heterocycles. The highest BCUT2D eigenvalue weighted by molar-refractivity contribution is 5.87. The van der Waals surface area contributed by atoms with Crippen LogP contribution in [0.25, 0.3) is 10.8 Å². The lowest BCUT2D eigenvalue weighted by atomic mass is 10.0. The van der Waals surface area contributed by atoms with Gasteiger partial charge in [0.05, 0.1) is 5.56 Å². The zero-order valence-corrected chi connectivity index (χ0v) is 15.5. The van der Waals surface area contributed by atoms with E-state index in [1.54, 1.807) is 12.1 Å². The molecule has 0 unspecified atom stereocenters. The van der Waals surface area contributed by atoms with Gasteiger partial charge in [0.1, 0.15) is 31.3 Å². The molecule has 0 saturated carbocycles. The van der Waals surface area contributed by atoms with Gasteiger partial charge in [0.15, 0.2) is 0 Å². The highest BCUT2D eigenvalue weighted by atomic mass is 19.1. The number of hydrogen-bond donors (Lipinski definition) is 1. The van der Waals surface area contributed by atoms with E-state index in [2.05, 4.69) is 34.6 Å². The maximum absolute atomic E-state index is 13.1. The second-order valence-corrected chi connectivity index (χ2v) is 6.73. The number of halogens is 1. The predicted molar refractivity (Wildman–Crippen MR) is 108 cm³/mol. The normalized spacial score (nSPS) is 10.9. The Balaban J connectivity index is 1.54. The SMILES string of the molecule is Fc1ccc(COc2ccc3ccccc3c2C[NH2+]Cc2ccncc2)cc1. The van der Waals surface area contributed by atoms with E-state index in [0.717, 1.165) is 24.4 Å². The van der Waals surface area contributed by atoms with E-state index in [4.69, 9.17) is 4.74 Å². The number of fused-ring (bicyclic) bond motifs is 1. The van der Waals surface area contributed by atoms with Crippen LogP contribution in [0.2, 0.25) is 0 Å². The molecule has 3 nitrogen and oxygen atoms in total. The van der Waals surface area contributed by atoms with Crippen LogP contribution in [-0.2, 0) is 19.7 Å². The van der Waals surface area contributed by atoms with Crippen LogP contribution in [0, 0.1) is 5.82 Å². The van der Waals surface area contributed by atoms with Crippen molar-refractivity contribution in [2.24, 2.45) is 0 Å². The molecule has 4 heteroatoms. The lowest BCUT2D eigenvalue weighted by Crippen LogP contribution is -2.80. The van der Waals surface area contributed by atoms with Gasteiger partial charge in [-0.1, -0.05) is 42.5 Å². The summed E-state index contributed by atoms with van der Waals surface area (Å²) in [5, 5.41) is 4.66. The minimum Gasteiger partial charge on any atom is -0.488 e. The molecule has 2 N–H and O–H groups in total. The smallest absolute Gasteiger partial charge is 0.129 e. The number of nitrogens with two attached hydrogens (primary N) is 1. The highest BCUT2D eigenvalue weighted by Gasteiger charge is 2.11. The van der Waals surface area contributed by atoms with Crippen molar-refractivity contribution < 1.29 is 14.4 Å². The Hall–Kier alpha value is -3.24. The largest absolute Gasteiger partial charge is 0.488 e. The molecular formula is C24H22FN2O+. The number of quaternary nitrogens is 1. The minimum atomic E-state index is -0.235. The lowest BCUT2D eigenvalue weighted by Gasteiger charge is -2.14. The Morgan fingerprint density at radius 1 is 0.786 bits per heavy atom. The van der Waals surface area contributed by atoms with E-state index >= 15 is 0 Å². The summed E-state index contributed by atoms with van der Waals surface area (Å²) in [5.74, 6) is 0.634. The van der Waals surface area contributed by atoms with E-state index in [9.17, 15) is 4.39 Å². The molecule has 1 aromatic heterocycles. The molecule has 0 saturated heterocycles. The molecule has 28 heavy (non-hydrogen) atoms. The molecule has 4 rings (SSSR count). The summed E-state index contributed by atoms with van der Waals surface area (Å²) < 4.78 is 19.2. The predicted octanol–water partition coefficient (Wildman–Crippen LogP) is 4.22. The molecular weight excluding hydrogens is 351 g/mol. The zero-order chi connectivity index (χ0) is 19.2. The second kappa shape index (κ2) is 8.63. The van der Waals surface area contributed by atoms with Crippen molar-refractivity contribution in [2.45, 2.75) is 19.7 Å². The summed E-state index contributed by atoms with van der Waals surface area (Å²) in [6.45, 7) is 2.10. The van der Waals surface area contributed by atoms with Crippen LogP contribution < -0.4 is 10.1 Å². The van der Waals surface area contributed by atoms with Crippen molar-refractivity contribution in [3.05, 3.63) is 108 Å². The van der Waals surface area contributed by atoms with Crippen molar-refractivity contribution >= 4 is 10.8 Å². The van der Waals surface area contributed by atoms with E-state index in [1.807, 2.05) is 36.7 Å². The van der Waals surface area contributed by atoms with Gasteiger partial charge in [-0.05, 0) is 46.7 Å². The molecule has 0 spiro atoms. The van der Waals surface area contributed by atoms with Crippen molar-refractivity contribution in [3.8, 4) is 5.75 Å². The highest BCUT2D eigenvalue weighted by Crippen LogP contribution is 2.28. The Bertz CT molecular complexity index is 1050. The van der Waals surface area contributed by atoms with Crippen molar-refractivity contribution in [2.75, 3.05) is 0 Å². The Morgan fingerprint density at radius 2 is 1.57 bits per heavy atom. The molecule has 0 amide bonds. The summed E-state index contributed by atoms with van der Waals surface area (Å²) in [4.78, 5) is 4.07. The van der Waals surface area contributed by atoms with E-state index in [0.29, 0.717) is 6.61 Å². The molecule has 0 aliphatic carbocycles. The molecule has 3 aromatic carbocycles. The minimum absolute atomic E-state index is 0.235. The van der Waals surface area contributed by atoms with E-state index in [1.165, 1.54) is 34.0 Å². The topological polar surface area (TPSA) is 38.7 Å². The van der Waals surface area contributed by atoms with Crippen molar-refractivity contribution in [1.82, 2.24) is 4.98 Å². The maximum atomic E-state index is 13.1. The fourth-order valence-electron chi connectivity index (χ4n) is 3.31. The van der Waals surface area contributed by atoms with Gasteiger partial charge >= 0.3 is 0 Å². The third kappa shape index (κ3) is 4.35. The van der Waals surface area contributed by atoms with Gasteiger partial charge in [-0.25, -0.2) is 4.39 Å². The third-order valence-electron chi connectivity index (χ3n) is 4.78. The summed E-state index contributed by atoms with van der Waals surface area (Å²) in [5.41, 5.74) is 3.36. The number of aromatic nitrogens is 1. The number of pyridine rings is 1. The fraction of sp³-hybridized carbons (Fsp3) is 0.125. The van der Waals surface area contributed by atoms with Gasteiger partial charge in [-0.3, -0.25) is 4.98 Å². The van der Waals surface area contributed by atoms with Gasteiger partial charge < -0.3 is 10.1 Å². The first kappa shape index (κ1) is 18.1. The molecule has 0 radical (unpaired) electrons. The average Bonchev–Trinajstić information content (AvgIpc) is 2.75. The van der Waals surface area contributed by atoms with E-state index < -0.39 is 0 Å². The second-order valence-electron chi connectivity index (χ2n) is 6.73. The molecule has 0 atom stereocenters. The first-order chi connectivity index (χ1) is 13.8. The average molecular weight is 373 g/mol. The fourth-order valence-corrected chi connectivity index (χ4v) is 3.31. The van der Waals surface area contributed by atoms with Crippen molar-refractivity contribution in [3.63, 3.8) is 0 Å². The van der Waals surface area contributed by atoms with Crippen LogP contribution >= 0.6 is 0 Å². The molecule has 1 heterocycles. The standard InChI is InChI=1S/C24H21FN2O/c25-21-8-5-19(6-9-21)17-28-24-10-7-20-3-1-2-4-22(20)23(24)16-27-15-18-11-13-26-14-12-18/h1-14,27H,15-17H2/p+1. The molecule has 0 bridgehead atoms. The van der Waals surface area contributed by atoms with Gasteiger partial charge in [-0.2, -0.15) is 0 Å². The number of rotatable bonds is 7. The number of ether oxygens (including phenoxy) is 1. The van der Waals surface area contributed by atoms with Crippen LogP contribution in [-0.4, -0.2) is 4.98 Å². The Kier molecular flexibility index (Phi) is 5.59. The number of benzene rings is 3.